The second kappa shape index (κ2) is 6.90. The van der Waals surface area contributed by atoms with Crippen LogP contribution in [0.15, 0.2) is 42.6 Å². The smallest absolute Gasteiger partial charge is 0.335 e. The molecule has 0 atom stereocenters. The fourth-order valence-corrected chi connectivity index (χ4v) is 2.30. The first-order valence-electron chi connectivity index (χ1n) is 6.18. The Morgan fingerprint density at radius 1 is 1.24 bits per heavy atom. The molecule has 0 aliphatic carbocycles. The van der Waals surface area contributed by atoms with Gasteiger partial charge in [0.1, 0.15) is 5.82 Å². The third kappa shape index (κ3) is 4.06. The van der Waals surface area contributed by atoms with Crippen LogP contribution in [0.5, 0.6) is 0 Å². The summed E-state index contributed by atoms with van der Waals surface area (Å²) in [6.07, 6.45) is 3.34. The van der Waals surface area contributed by atoms with Gasteiger partial charge in [-0.3, -0.25) is 4.79 Å². The van der Waals surface area contributed by atoms with Crippen molar-refractivity contribution in [2.75, 3.05) is 11.6 Å². The van der Waals surface area contributed by atoms with Gasteiger partial charge in [0, 0.05) is 17.5 Å². The molecule has 1 heterocycles. The number of carboxylic acids is 1. The number of thioether (sulfide) groups is 1. The van der Waals surface area contributed by atoms with Crippen LogP contribution in [0.25, 0.3) is 0 Å². The highest BCUT2D eigenvalue weighted by molar-refractivity contribution is 7.97. The third-order valence-corrected chi connectivity index (χ3v) is 3.37. The number of anilines is 1. The number of carbonyl (C=O) groups excluding carboxylic acids is 1. The minimum Gasteiger partial charge on any atom is -0.478 e. The van der Waals surface area contributed by atoms with Crippen molar-refractivity contribution in [3.05, 3.63) is 59.3 Å². The first-order chi connectivity index (χ1) is 10.1. The highest BCUT2D eigenvalue weighted by atomic mass is 32.2. The van der Waals surface area contributed by atoms with E-state index in [2.05, 4.69) is 10.3 Å². The fourth-order valence-electron chi connectivity index (χ4n) is 1.79. The standard InChI is InChI=1S/C15H14N2O3S/c1-21-9-10-3-2-4-11(7-10)14(18)17-13-8-12(15(19)20)5-6-16-13/h2-8H,9H2,1H3,(H,19,20)(H,16,17,18). The second-order valence-electron chi connectivity index (χ2n) is 4.32. The lowest BCUT2D eigenvalue weighted by atomic mass is 10.1. The van der Waals surface area contributed by atoms with Gasteiger partial charge >= 0.3 is 5.97 Å². The van der Waals surface area contributed by atoms with E-state index in [-0.39, 0.29) is 17.3 Å². The lowest BCUT2D eigenvalue weighted by Crippen LogP contribution is -2.13. The van der Waals surface area contributed by atoms with Crippen molar-refractivity contribution in [2.45, 2.75) is 5.75 Å². The average Bonchev–Trinajstić information content (AvgIpc) is 2.48. The van der Waals surface area contributed by atoms with Gasteiger partial charge in [-0.15, -0.1) is 0 Å². The number of aromatic nitrogens is 1. The summed E-state index contributed by atoms with van der Waals surface area (Å²) in [6.45, 7) is 0. The van der Waals surface area contributed by atoms with Gasteiger partial charge in [-0.2, -0.15) is 11.8 Å². The number of hydrogen-bond acceptors (Lipinski definition) is 4. The molecule has 2 aromatic rings. The van der Waals surface area contributed by atoms with Crippen LogP contribution in [0.2, 0.25) is 0 Å². The molecule has 108 valence electrons. The molecule has 1 aromatic heterocycles. The van der Waals surface area contributed by atoms with Gasteiger partial charge in [-0.05, 0) is 36.1 Å². The largest absolute Gasteiger partial charge is 0.478 e. The number of carbonyl (C=O) groups is 2. The highest BCUT2D eigenvalue weighted by Gasteiger charge is 2.09. The molecule has 2 rings (SSSR count). The lowest BCUT2D eigenvalue weighted by Gasteiger charge is -2.06. The van der Waals surface area contributed by atoms with Crippen molar-refractivity contribution >= 4 is 29.5 Å². The maximum absolute atomic E-state index is 12.1. The Kier molecular flexibility index (Phi) is 4.94. The van der Waals surface area contributed by atoms with E-state index in [9.17, 15) is 9.59 Å². The first kappa shape index (κ1) is 15.1. The van der Waals surface area contributed by atoms with E-state index in [1.807, 2.05) is 24.5 Å². The maximum atomic E-state index is 12.1. The minimum atomic E-state index is -1.06. The molecule has 0 spiro atoms. The number of amides is 1. The molecule has 0 saturated carbocycles. The molecular weight excluding hydrogens is 288 g/mol. The number of carboxylic acid groups (broad SMARTS) is 1. The second-order valence-corrected chi connectivity index (χ2v) is 5.19. The zero-order valence-electron chi connectivity index (χ0n) is 11.4. The van der Waals surface area contributed by atoms with E-state index in [0.29, 0.717) is 5.56 Å². The molecule has 21 heavy (non-hydrogen) atoms. The molecule has 1 aromatic carbocycles. The van der Waals surface area contributed by atoms with E-state index in [0.717, 1.165) is 11.3 Å². The summed E-state index contributed by atoms with van der Waals surface area (Å²) in [7, 11) is 0. The van der Waals surface area contributed by atoms with Gasteiger partial charge in [-0.25, -0.2) is 9.78 Å². The van der Waals surface area contributed by atoms with Crippen molar-refractivity contribution < 1.29 is 14.7 Å². The summed E-state index contributed by atoms with van der Waals surface area (Å²) in [5.41, 5.74) is 1.66. The van der Waals surface area contributed by atoms with Gasteiger partial charge < -0.3 is 10.4 Å². The van der Waals surface area contributed by atoms with Crippen molar-refractivity contribution in [3.8, 4) is 0 Å². The quantitative estimate of drug-likeness (QED) is 0.887. The first-order valence-corrected chi connectivity index (χ1v) is 7.58. The summed E-state index contributed by atoms with van der Waals surface area (Å²) in [6, 6.07) is 9.99. The van der Waals surface area contributed by atoms with Crippen LogP contribution in [0.1, 0.15) is 26.3 Å². The summed E-state index contributed by atoms with van der Waals surface area (Å²) >= 11 is 1.67. The molecule has 0 bridgehead atoms. The number of benzene rings is 1. The average molecular weight is 302 g/mol. The Bertz CT molecular complexity index is 673. The van der Waals surface area contributed by atoms with Crippen LogP contribution in [-0.4, -0.2) is 28.2 Å². The zero-order valence-corrected chi connectivity index (χ0v) is 12.2. The zero-order chi connectivity index (χ0) is 15.2. The summed E-state index contributed by atoms with van der Waals surface area (Å²) in [4.78, 5) is 27.0. The van der Waals surface area contributed by atoms with E-state index < -0.39 is 5.97 Å². The number of aromatic carboxylic acids is 1. The van der Waals surface area contributed by atoms with Gasteiger partial charge in [0.15, 0.2) is 0 Å². The van der Waals surface area contributed by atoms with E-state index >= 15 is 0 Å². The molecule has 0 aliphatic heterocycles. The van der Waals surface area contributed by atoms with Gasteiger partial charge in [0.2, 0.25) is 0 Å². The van der Waals surface area contributed by atoms with Gasteiger partial charge in [-0.1, -0.05) is 12.1 Å². The summed E-state index contributed by atoms with van der Waals surface area (Å²) in [5, 5.41) is 11.5. The molecule has 2 N–H and O–H groups in total. The molecule has 0 fully saturated rings. The molecule has 1 amide bonds. The van der Waals surface area contributed by atoms with E-state index in [1.165, 1.54) is 18.3 Å². The Morgan fingerprint density at radius 3 is 2.76 bits per heavy atom. The summed E-state index contributed by atoms with van der Waals surface area (Å²) in [5.74, 6) is -0.327. The number of rotatable bonds is 5. The van der Waals surface area contributed by atoms with Gasteiger partial charge in [0.25, 0.3) is 5.91 Å². The van der Waals surface area contributed by atoms with Crippen LogP contribution >= 0.6 is 11.8 Å². The normalized spacial score (nSPS) is 10.1. The van der Waals surface area contributed by atoms with Crippen molar-refractivity contribution in [3.63, 3.8) is 0 Å². The molecule has 6 heteroatoms. The molecule has 0 aliphatic rings. The molecular formula is C15H14N2O3S. The molecule has 5 nitrogen and oxygen atoms in total. The fraction of sp³-hybridized carbons (Fsp3) is 0.133. The number of nitrogens with zero attached hydrogens (tertiary/aromatic N) is 1. The van der Waals surface area contributed by atoms with Crippen LogP contribution in [-0.2, 0) is 5.75 Å². The predicted octanol–water partition coefficient (Wildman–Crippen LogP) is 2.90. The maximum Gasteiger partial charge on any atom is 0.335 e. The Balaban J connectivity index is 2.16. The van der Waals surface area contributed by atoms with E-state index in [4.69, 9.17) is 5.11 Å². The molecule has 0 saturated heterocycles. The van der Waals surface area contributed by atoms with Gasteiger partial charge in [0.05, 0.1) is 5.56 Å². The lowest BCUT2D eigenvalue weighted by molar-refractivity contribution is 0.0696. The van der Waals surface area contributed by atoms with Crippen LogP contribution in [0.3, 0.4) is 0 Å². The van der Waals surface area contributed by atoms with Crippen molar-refractivity contribution in [1.29, 1.82) is 0 Å². The van der Waals surface area contributed by atoms with Crippen LogP contribution < -0.4 is 5.32 Å². The van der Waals surface area contributed by atoms with Crippen molar-refractivity contribution in [1.82, 2.24) is 4.98 Å². The number of nitrogens with one attached hydrogen (secondary N) is 1. The third-order valence-electron chi connectivity index (χ3n) is 2.75. The Labute approximate surface area is 126 Å². The number of hydrogen-bond donors (Lipinski definition) is 2. The minimum absolute atomic E-state index is 0.0800. The number of pyridine rings is 1. The Hall–Kier alpha value is -2.34. The van der Waals surface area contributed by atoms with Crippen molar-refractivity contribution in [2.24, 2.45) is 0 Å². The summed E-state index contributed by atoms with van der Waals surface area (Å²) < 4.78 is 0. The Morgan fingerprint density at radius 2 is 2.05 bits per heavy atom. The topological polar surface area (TPSA) is 79.3 Å². The van der Waals surface area contributed by atoms with E-state index in [1.54, 1.807) is 17.8 Å². The monoisotopic (exact) mass is 302 g/mol. The highest BCUT2D eigenvalue weighted by Crippen LogP contribution is 2.13. The predicted molar refractivity (Wildman–Crippen MR) is 82.8 cm³/mol. The SMILES string of the molecule is CSCc1cccc(C(=O)Nc2cc(C(=O)O)ccn2)c1. The molecule has 0 radical (unpaired) electrons. The van der Waals surface area contributed by atoms with Crippen LogP contribution in [0, 0.1) is 0 Å². The van der Waals surface area contributed by atoms with Crippen LogP contribution in [0.4, 0.5) is 5.82 Å². The molecule has 0 unspecified atom stereocenters.